The van der Waals surface area contributed by atoms with Crippen LogP contribution in [0.5, 0.6) is 0 Å². The van der Waals surface area contributed by atoms with Crippen LogP contribution in [0, 0.1) is 5.82 Å². The number of ketones is 1. The molecule has 0 fully saturated rings. The second-order valence-corrected chi connectivity index (χ2v) is 3.65. The summed E-state index contributed by atoms with van der Waals surface area (Å²) >= 11 is 0. The summed E-state index contributed by atoms with van der Waals surface area (Å²) in [5, 5.41) is 0. The molecule has 0 aliphatic carbocycles. The Labute approximate surface area is 95.4 Å². The van der Waals surface area contributed by atoms with Crippen LogP contribution in [0.2, 0.25) is 0 Å². The van der Waals surface area contributed by atoms with Gasteiger partial charge in [0, 0.05) is 26.1 Å². The molecule has 3 heteroatoms. The maximum absolute atomic E-state index is 12.8. The van der Waals surface area contributed by atoms with Gasteiger partial charge in [0.1, 0.15) is 11.6 Å². The molecule has 0 atom stereocenters. The lowest BCUT2D eigenvalue weighted by Gasteiger charge is -2.02. The van der Waals surface area contributed by atoms with Crippen molar-refractivity contribution in [3.05, 3.63) is 35.6 Å². The van der Waals surface area contributed by atoms with Crippen molar-refractivity contribution in [1.82, 2.24) is 0 Å². The van der Waals surface area contributed by atoms with Crippen LogP contribution < -0.4 is 0 Å². The molecule has 0 N–H and O–H groups in total. The lowest BCUT2D eigenvalue weighted by Crippen LogP contribution is -2.05. The van der Waals surface area contributed by atoms with Gasteiger partial charge in [-0.1, -0.05) is 12.1 Å². The van der Waals surface area contributed by atoms with Gasteiger partial charge in [0.15, 0.2) is 0 Å². The second-order valence-electron chi connectivity index (χ2n) is 3.65. The van der Waals surface area contributed by atoms with Gasteiger partial charge in [-0.05, 0) is 31.0 Å². The van der Waals surface area contributed by atoms with E-state index in [0.29, 0.717) is 26.1 Å². The number of carbonyl (C=O) groups excluding carboxylic acids is 1. The number of benzene rings is 1. The molecular formula is C13H17FO2. The van der Waals surface area contributed by atoms with Gasteiger partial charge in [-0.15, -0.1) is 0 Å². The third kappa shape index (κ3) is 5.03. The van der Waals surface area contributed by atoms with Crippen molar-refractivity contribution in [1.29, 1.82) is 0 Å². The first-order valence-electron chi connectivity index (χ1n) is 5.56. The summed E-state index contributed by atoms with van der Waals surface area (Å²) in [5.74, 6) is -0.162. The largest absolute Gasteiger partial charge is 0.382 e. The van der Waals surface area contributed by atoms with Crippen LogP contribution in [0.25, 0.3) is 0 Å². The van der Waals surface area contributed by atoms with Gasteiger partial charge in [0.05, 0.1) is 0 Å². The maximum atomic E-state index is 12.8. The Kier molecular flexibility index (Phi) is 5.72. The highest BCUT2D eigenvalue weighted by molar-refractivity contribution is 5.80. The molecule has 2 nitrogen and oxygen atoms in total. The highest BCUT2D eigenvalue weighted by Gasteiger charge is 2.04. The van der Waals surface area contributed by atoms with E-state index in [9.17, 15) is 9.18 Å². The fourth-order valence-corrected chi connectivity index (χ4v) is 1.48. The van der Waals surface area contributed by atoms with Gasteiger partial charge in [0.25, 0.3) is 0 Å². The van der Waals surface area contributed by atoms with Crippen LogP contribution in [0.4, 0.5) is 4.39 Å². The van der Waals surface area contributed by atoms with Crippen LogP contribution in [0.1, 0.15) is 25.3 Å². The molecule has 0 aliphatic heterocycles. The minimum Gasteiger partial charge on any atom is -0.382 e. The van der Waals surface area contributed by atoms with Crippen molar-refractivity contribution in [2.24, 2.45) is 0 Å². The van der Waals surface area contributed by atoms with Gasteiger partial charge in [-0.3, -0.25) is 4.79 Å². The fraction of sp³-hybridized carbons (Fsp3) is 0.462. The lowest BCUT2D eigenvalue weighted by molar-refractivity contribution is -0.118. The first-order chi connectivity index (χ1) is 7.72. The van der Waals surface area contributed by atoms with E-state index in [2.05, 4.69) is 0 Å². The first-order valence-corrected chi connectivity index (χ1v) is 5.56. The van der Waals surface area contributed by atoms with Crippen LogP contribution in [-0.2, 0) is 16.0 Å². The molecule has 0 bridgehead atoms. The lowest BCUT2D eigenvalue weighted by atomic mass is 10.1. The molecule has 16 heavy (non-hydrogen) atoms. The van der Waals surface area contributed by atoms with Crippen LogP contribution in [0.3, 0.4) is 0 Å². The van der Waals surface area contributed by atoms with Crippen molar-refractivity contribution < 1.29 is 13.9 Å². The zero-order valence-electron chi connectivity index (χ0n) is 9.54. The van der Waals surface area contributed by atoms with Crippen LogP contribution in [0.15, 0.2) is 24.3 Å². The summed E-state index contributed by atoms with van der Waals surface area (Å²) in [6, 6.07) is 6.17. The Hall–Kier alpha value is -1.22. The van der Waals surface area contributed by atoms with E-state index in [0.717, 1.165) is 12.0 Å². The molecule has 1 aromatic rings. The average Bonchev–Trinajstić information content (AvgIpc) is 2.24. The molecule has 0 radical (unpaired) electrons. The number of ether oxygens (including phenoxy) is 1. The maximum Gasteiger partial charge on any atom is 0.137 e. The molecule has 0 amide bonds. The molecule has 0 spiro atoms. The first kappa shape index (κ1) is 12.8. The molecule has 0 unspecified atom stereocenters. The van der Waals surface area contributed by atoms with E-state index < -0.39 is 0 Å². The molecule has 0 saturated carbocycles. The predicted molar refractivity (Wildman–Crippen MR) is 60.8 cm³/mol. The van der Waals surface area contributed by atoms with E-state index in [1.807, 2.05) is 6.92 Å². The van der Waals surface area contributed by atoms with Gasteiger partial charge in [0.2, 0.25) is 0 Å². The molecule has 0 saturated heterocycles. The minimum atomic E-state index is -0.292. The zero-order valence-corrected chi connectivity index (χ0v) is 9.54. The topological polar surface area (TPSA) is 26.3 Å². The smallest absolute Gasteiger partial charge is 0.137 e. The molecule has 1 rings (SSSR count). The monoisotopic (exact) mass is 224 g/mol. The van der Waals surface area contributed by atoms with E-state index in [1.54, 1.807) is 12.1 Å². The Morgan fingerprint density at radius 2 is 2.25 bits per heavy atom. The van der Waals surface area contributed by atoms with E-state index in [1.165, 1.54) is 12.1 Å². The third-order valence-electron chi connectivity index (χ3n) is 2.24. The number of halogens is 1. The van der Waals surface area contributed by atoms with Crippen molar-refractivity contribution in [3.8, 4) is 0 Å². The highest BCUT2D eigenvalue weighted by atomic mass is 19.1. The van der Waals surface area contributed by atoms with Crippen molar-refractivity contribution >= 4 is 5.78 Å². The van der Waals surface area contributed by atoms with Gasteiger partial charge in [-0.2, -0.15) is 0 Å². The minimum absolute atomic E-state index is 0.130. The molecule has 0 aliphatic rings. The molecule has 0 aromatic heterocycles. The second kappa shape index (κ2) is 7.12. The van der Waals surface area contributed by atoms with Crippen molar-refractivity contribution in [3.63, 3.8) is 0 Å². The number of hydrogen-bond acceptors (Lipinski definition) is 2. The molecule has 88 valence electrons. The Morgan fingerprint density at radius 3 is 2.94 bits per heavy atom. The SMILES string of the molecule is CCOCCCC(=O)Cc1cccc(F)c1. The van der Waals surface area contributed by atoms with Crippen molar-refractivity contribution in [2.45, 2.75) is 26.2 Å². The third-order valence-corrected chi connectivity index (χ3v) is 2.24. The predicted octanol–water partition coefficient (Wildman–Crippen LogP) is 2.75. The quantitative estimate of drug-likeness (QED) is 0.666. The van der Waals surface area contributed by atoms with Crippen LogP contribution >= 0.6 is 0 Å². The summed E-state index contributed by atoms with van der Waals surface area (Å²) in [5.41, 5.74) is 0.737. The summed E-state index contributed by atoms with van der Waals surface area (Å²) in [6.45, 7) is 3.22. The molecular weight excluding hydrogens is 207 g/mol. The summed E-state index contributed by atoms with van der Waals surface area (Å²) in [7, 11) is 0. The summed E-state index contributed by atoms with van der Waals surface area (Å²) in [6.07, 6.45) is 1.54. The van der Waals surface area contributed by atoms with Gasteiger partial charge < -0.3 is 4.74 Å². The standard InChI is InChI=1S/C13H17FO2/c1-2-16-8-4-7-13(15)10-11-5-3-6-12(14)9-11/h3,5-6,9H,2,4,7-8,10H2,1H3. The number of Topliss-reactive ketones (excluding diaryl/α,β-unsaturated/α-hetero) is 1. The average molecular weight is 224 g/mol. The number of hydrogen-bond donors (Lipinski definition) is 0. The Morgan fingerprint density at radius 1 is 1.44 bits per heavy atom. The fourth-order valence-electron chi connectivity index (χ4n) is 1.48. The summed E-state index contributed by atoms with van der Waals surface area (Å²) < 4.78 is 18.0. The Balaban J connectivity index is 2.29. The molecule has 0 heterocycles. The number of carbonyl (C=O) groups is 1. The van der Waals surface area contributed by atoms with Gasteiger partial charge >= 0.3 is 0 Å². The normalized spacial score (nSPS) is 10.4. The van der Waals surface area contributed by atoms with Crippen LogP contribution in [-0.4, -0.2) is 19.0 Å². The Bertz CT molecular complexity index is 336. The van der Waals surface area contributed by atoms with Gasteiger partial charge in [-0.25, -0.2) is 4.39 Å². The van der Waals surface area contributed by atoms with E-state index in [-0.39, 0.29) is 11.6 Å². The van der Waals surface area contributed by atoms with E-state index in [4.69, 9.17) is 4.74 Å². The molecule has 1 aromatic carbocycles. The number of rotatable bonds is 7. The highest BCUT2D eigenvalue weighted by Crippen LogP contribution is 2.06. The van der Waals surface area contributed by atoms with E-state index >= 15 is 0 Å². The zero-order chi connectivity index (χ0) is 11.8. The van der Waals surface area contributed by atoms with Crippen molar-refractivity contribution in [2.75, 3.05) is 13.2 Å². The summed E-state index contributed by atoms with van der Waals surface area (Å²) in [4.78, 5) is 11.5.